The number of hydrogen-bond donors (Lipinski definition) is 3. The highest BCUT2D eigenvalue weighted by molar-refractivity contribution is 5.82. The molecule has 1 heterocycles. The molecule has 61 heavy (non-hydrogen) atoms. The number of aryl methyl sites for hydroxylation is 2. The van der Waals surface area contributed by atoms with Gasteiger partial charge in [-0.1, -0.05) is 54.3 Å². The smallest absolute Gasteiger partial charge is 0.340 e. The molecule has 0 amide bonds. The van der Waals surface area contributed by atoms with E-state index in [0.717, 1.165) is 6.42 Å². The van der Waals surface area contributed by atoms with Gasteiger partial charge in [0.25, 0.3) is 0 Å². The van der Waals surface area contributed by atoms with E-state index in [1.165, 1.54) is 39.8 Å². The SMILES string of the molecule is C#CC(C)(C)C(C)(OC)C(=O)OCc1cnc(C)c(OC(=O)CCC/C=C\C[C@@H]2[C@@H](CC[C@@H](O)CCc3ccccc3)[C@H](O)C[C@@H]2O)c1COC(=O)C(C)(OC)C(C)(C)C#C. The highest BCUT2D eigenvalue weighted by Gasteiger charge is 2.50. The molecule has 1 aliphatic rings. The lowest BCUT2D eigenvalue weighted by atomic mass is 9.76. The zero-order valence-electron chi connectivity index (χ0n) is 37.5. The highest BCUT2D eigenvalue weighted by Crippen LogP contribution is 2.39. The number of aliphatic hydroxyl groups is 3. The van der Waals surface area contributed by atoms with Crippen LogP contribution in [0.25, 0.3) is 0 Å². The minimum atomic E-state index is -1.54. The van der Waals surface area contributed by atoms with Gasteiger partial charge < -0.3 is 39.0 Å². The number of carbonyl (C=O) groups is 3. The van der Waals surface area contributed by atoms with E-state index in [1.807, 2.05) is 42.5 Å². The van der Waals surface area contributed by atoms with E-state index in [9.17, 15) is 29.7 Å². The molecule has 0 aliphatic heterocycles. The van der Waals surface area contributed by atoms with Gasteiger partial charge in [0.15, 0.2) is 17.0 Å². The quantitative estimate of drug-likeness (QED) is 0.0466. The number of nitrogens with zero attached hydrogens (tertiary/aromatic N) is 1. The van der Waals surface area contributed by atoms with Crippen LogP contribution < -0.4 is 4.74 Å². The first-order valence-electron chi connectivity index (χ1n) is 21.0. The number of pyridine rings is 1. The summed E-state index contributed by atoms with van der Waals surface area (Å²) in [5, 5.41) is 32.1. The number of methoxy groups -OCH3 is 2. The van der Waals surface area contributed by atoms with E-state index in [-0.39, 0.29) is 36.2 Å². The minimum Gasteiger partial charge on any atom is -0.459 e. The maximum atomic E-state index is 13.5. The van der Waals surface area contributed by atoms with Crippen molar-refractivity contribution in [2.24, 2.45) is 22.7 Å². The fourth-order valence-electron chi connectivity index (χ4n) is 7.43. The number of terminal acetylenes is 2. The molecule has 1 saturated carbocycles. The Morgan fingerprint density at radius 2 is 1.44 bits per heavy atom. The summed E-state index contributed by atoms with van der Waals surface area (Å²) in [6.07, 6.45) is 19.5. The molecule has 1 fully saturated rings. The first kappa shape index (κ1) is 50.8. The second-order valence-electron chi connectivity index (χ2n) is 17.4. The van der Waals surface area contributed by atoms with Gasteiger partial charge in [-0.2, -0.15) is 0 Å². The van der Waals surface area contributed by atoms with Crippen LogP contribution in [-0.4, -0.2) is 81.9 Å². The Morgan fingerprint density at radius 3 is 2.02 bits per heavy atom. The Hall–Kier alpha value is -4.56. The average molecular weight is 846 g/mol. The highest BCUT2D eigenvalue weighted by atomic mass is 16.6. The van der Waals surface area contributed by atoms with Crippen LogP contribution in [0.5, 0.6) is 5.75 Å². The largest absolute Gasteiger partial charge is 0.459 e. The Morgan fingerprint density at radius 1 is 0.869 bits per heavy atom. The van der Waals surface area contributed by atoms with Gasteiger partial charge >= 0.3 is 17.9 Å². The number of aromatic nitrogens is 1. The molecule has 12 heteroatoms. The molecule has 0 radical (unpaired) electrons. The predicted molar refractivity (Wildman–Crippen MR) is 231 cm³/mol. The van der Waals surface area contributed by atoms with Crippen LogP contribution in [0.4, 0.5) is 0 Å². The number of rotatable bonds is 23. The monoisotopic (exact) mass is 845 g/mol. The lowest BCUT2D eigenvalue weighted by Crippen LogP contribution is -2.51. The summed E-state index contributed by atoms with van der Waals surface area (Å²) in [6, 6.07) is 10.0. The topological polar surface area (TPSA) is 171 Å². The molecule has 2 aromatic rings. The van der Waals surface area contributed by atoms with Crippen molar-refractivity contribution in [1.29, 1.82) is 0 Å². The Balaban J connectivity index is 1.69. The molecule has 0 saturated heterocycles. The van der Waals surface area contributed by atoms with Crippen LogP contribution >= 0.6 is 0 Å². The van der Waals surface area contributed by atoms with Crippen molar-refractivity contribution in [3.05, 3.63) is 71.1 Å². The maximum absolute atomic E-state index is 13.5. The molecular weight excluding hydrogens is 779 g/mol. The van der Waals surface area contributed by atoms with Crippen molar-refractivity contribution in [1.82, 2.24) is 4.98 Å². The summed E-state index contributed by atoms with van der Waals surface area (Å²) in [5.41, 5.74) is -3.08. The third-order valence-electron chi connectivity index (χ3n) is 12.8. The summed E-state index contributed by atoms with van der Waals surface area (Å²) in [7, 11) is 2.72. The van der Waals surface area contributed by atoms with E-state index in [2.05, 4.69) is 16.8 Å². The number of ether oxygens (including phenoxy) is 5. The molecule has 1 aliphatic carbocycles. The minimum absolute atomic E-state index is 0.0436. The van der Waals surface area contributed by atoms with Crippen molar-refractivity contribution in [3.8, 4) is 30.4 Å². The normalized spacial score (nSPS) is 20.5. The predicted octanol–water partition coefficient (Wildman–Crippen LogP) is 6.76. The van der Waals surface area contributed by atoms with Crippen LogP contribution in [0.15, 0.2) is 48.7 Å². The van der Waals surface area contributed by atoms with Gasteiger partial charge in [0.1, 0.15) is 13.2 Å². The molecule has 12 nitrogen and oxygen atoms in total. The summed E-state index contributed by atoms with van der Waals surface area (Å²) in [4.78, 5) is 44.7. The van der Waals surface area contributed by atoms with Gasteiger partial charge in [-0.15, -0.1) is 12.8 Å². The Kier molecular flexibility index (Phi) is 18.7. The molecule has 1 aromatic heterocycles. The van der Waals surface area contributed by atoms with Crippen molar-refractivity contribution in [2.75, 3.05) is 14.2 Å². The molecule has 0 bridgehead atoms. The average Bonchev–Trinajstić information content (AvgIpc) is 3.52. The number of unbranched alkanes of at least 4 members (excludes halogenated alkanes) is 1. The third kappa shape index (κ3) is 12.7. The van der Waals surface area contributed by atoms with Crippen molar-refractivity contribution in [3.63, 3.8) is 0 Å². The van der Waals surface area contributed by atoms with Crippen molar-refractivity contribution >= 4 is 17.9 Å². The number of hydrogen-bond acceptors (Lipinski definition) is 12. The fourth-order valence-corrected chi connectivity index (χ4v) is 7.43. The van der Waals surface area contributed by atoms with Crippen LogP contribution in [0.2, 0.25) is 0 Å². The molecule has 3 N–H and O–H groups in total. The molecule has 7 atom stereocenters. The van der Waals surface area contributed by atoms with Gasteiger partial charge in [0, 0.05) is 38.0 Å². The van der Waals surface area contributed by atoms with Crippen LogP contribution in [0.3, 0.4) is 0 Å². The van der Waals surface area contributed by atoms with Gasteiger partial charge in [0.05, 0.1) is 34.8 Å². The first-order chi connectivity index (χ1) is 28.7. The van der Waals surface area contributed by atoms with Crippen LogP contribution in [0, 0.1) is 54.3 Å². The summed E-state index contributed by atoms with van der Waals surface area (Å²) >= 11 is 0. The maximum Gasteiger partial charge on any atom is 0.340 e. The van der Waals surface area contributed by atoms with E-state index in [1.54, 1.807) is 34.6 Å². The Labute approximate surface area is 362 Å². The zero-order chi connectivity index (χ0) is 45.6. The molecule has 3 rings (SSSR count). The Bertz CT molecular complexity index is 1890. The number of carbonyl (C=O) groups excluding carboxylic acids is 3. The van der Waals surface area contributed by atoms with E-state index < -0.39 is 64.9 Å². The van der Waals surface area contributed by atoms with E-state index >= 15 is 0 Å². The number of benzene rings is 1. The fraction of sp³-hybridized carbons (Fsp3) is 0.592. The lowest BCUT2D eigenvalue weighted by Gasteiger charge is -2.37. The second-order valence-corrected chi connectivity index (χ2v) is 17.4. The van der Waals surface area contributed by atoms with Crippen LogP contribution in [-0.2, 0) is 53.0 Å². The standard InChI is InChI=1S/C49H67NO11/c1-12-46(4,5)48(8,57-10)44(55)59-31-35-30-50-33(3)43(39(35)32-60-45(56)49(9,58-11)47(6,7)13-2)61-42(54)24-20-15-14-19-23-37-38(41(53)29-40(37)52)28-27-36(51)26-25-34-21-17-16-18-22-34/h1-2,14,16-19,21-22,30,36-38,40-41,51-53H,15,20,23-29,31-32H2,3-11H3/b19-14-/t36-,37+,38+,40-,41+,48?,49?/m0/s1. The van der Waals surface area contributed by atoms with E-state index in [4.69, 9.17) is 36.5 Å². The number of allylic oxidation sites excluding steroid dienone is 2. The van der Waals surface area contributed by atoms with Gasteiger partial charge in [-0.05, 0) is 117 Å². The van der Waals surface area contributed by atoms with E-state index in [0.29, 0.717) is 56.2 Å². The van der Waals surface area contributed by atoms with Crippen molar-refractivity contribution < 1.29 is 53.4 Å². The zero-order valence-corrected chi connectivity index (χ0v) is 37.5. The molecule has 2 unspecified atom stereocenters. The number of esters is 3. The van der Waals surface area contributed by atoms with Gasteiger partial charge in [-0.3, -0.25) is 9.78 Å². The van der Waals surface area contributed by atoms with Crippen LogP contribution in [0.1, 0.15) is 115 Å². The second kappa shape index (κ2) is 22.5. The first-order valence-corrected chi connectivity index (χ1v) is 21.0. The molecule has 1 aromatic carbocycles. The lowest BCUT2D eigenvalue weighted by molar-refractivity contribution is -0.180. The van der Waals surface area contributed by atoms with Gasteiger partial charge in [-0.25, -0.2) is 9.59 Å². The summed E-state index contributed by atoms with van der Waals surface area (Å²) in [5.74, 6) is 2.90. The molecular formula is C49H67NO11. The van der Waals surface area contributed by atoms with Gasteiger partial charge in [0.2, 0.25) is 0 Å². The molecule has 0 spiro atoms. The molecule has 334 valence electrons. The summed E-state index contributed by atoms with van der Waals surface area (Å²) in [6.45, 7) is 10.7. The summed E-state index contributed by atoms with van der Waals surface area (Å²) < 4.78 is 28.5. The van der Waals surface area contributed by atoms with Crippen molar-refractivity contribution in [2.45, 2.75) is 149 Å². The number of aliphatic hydroxyl groups excluding tert-OH is 3. The third-order valence-corrected chi connectivity index (χ3v) is 12.8.